The SMILES string of the molecule is C=CCC[c-]1cccc1.[CH3-].[CH3-].[Zr+4].c1ccc2[cH-]ccc2c1. The van der Waals surface area contributed by atoms with Crippen LogP contribution in [-0.2, 0) is 32.6 Å². The predicted molar refractivity (Wildman–Crippen MR) is 92.9 cm³/mol. The molecule has 0 nitrogen and oxygen atoms in total. The Labute approximate surface area is 149 Å². The first-order chi connectivity index (χ1) is 8.90. The second kappa shape index (κ2) is 12.5. The fraction of sp³-hybridized carbons (Fsp3) is 0.100. The summed E-state index contributed by atoms with van der Waals surface area (Å²) in [4.78, 5) is 0. The molecule has 0 heterocycles. The molecule has 0 radical (unpaired) electrons. The molecule has 0 aliphatic carbocycles. The summed E-state index contributed by atoms with van der Waals surface area (Å²) in [6.45, 7) is 3.66. The van der Waals surface area contributed by atoms with Crippen molar-refractivity contribution >= 4 is 10.8 Å². The van der Waals surface area contributed by atoms with E-state index in [1.807, 2.05) is 6.08 Å². The van der Waals surface area contributed by atoms with Crippen LogP contribution in [0.4, 0.5) is 0 Å². The summed E-state index contributed by atoms with van der Waals surface area (Å²) in [5.74, 6) is 0. The van der Waals surface area contributed by atoms with Crippen molar-refractivity contribution in [3.8, 4) is 0 Å². The van der Waals surface area contributed by atoms with Crippen LogP contribution in [0.15, 0.2) is 79.4 Å². The Bertz CT molecular complexity index is 542. The average Bonchev–Trinajstić information content (AvgIpc) is 3.08. The second-order valence-corrected chi connectivity index (χ2v) is 4.28. The zero-order chi connectivity index (χ0) is 12.6. The number of allylic oxidation sites excluding steroid dienone is 1. The Morgan fingerprint density at radius 1 is 1.00 bits per heavy atom. The fourth-order valence-corrected chi connectivity index (χ4v) is 1.92. The number of rotatable bonds is 3. The standard InChI is InChI=1S/C9H7.C9H11.2CH3.Zr/c1-2-5-9-7-3-6-8(9)4-1;1-2-3-6-9-7-4-5-8-9;;;/h1-7H;2,4-5,7-8H,1,3,6H2;2*1H3;/q4*-1;+4. The molecule has 0 unspecified atom stereocenters. The molecule has 0 saturated carbocycles. The van der Waals surface area contributed by atoms with Gasteiger partial charge in [0.15, 0.2) is 0 Å². The maximum atomic E-state index is 3.66. The summed E-state index contributed by atoms with van der Waals surface area (Å²) in [6.07, 6.45) is 4.17. The molecular formula is C20H24Zr. The van der Waals surface area contributed by atoms with Gasteiger partial charge in [0.05, 0.1) is 0 Å². The molecule has 3 rings (SSSR count). The van der Waals surface area contributed by atoms with Gasteiger partial charge in [0, 0.05) is 0 Å². The zero-order valence-corrected chi connectivity index (χ0v) is 15.5. The van der Waals surface area contributed by atoms with Crippen molar-refractivity contribution in [2.24, 2.45) is 0 Å². The summed E-state index contributed by atoms with van der Waals surface area (Å²) in [6, 6.07) is 23.1. The van der Waals surface area contributed by atoms with Crippen molar-refractivity contribution in [3.63, 3.8) is 0 Å². The molecule has 0 N–H and O–H groups in total. The third-order valence-corrected chi connectivity index (χ3v) is 2.92. The van der Waals surface area contributed by atoms with Gasteiger partial charge in [0.1, 0.15) is 0 Å². The van der Waals surface area contributed by atoms with E-state index in [2.05, 4.69) is 73.3 Å². The van der Waals surface area contributed by atoms with E-state index in [0.717, 1.165) is 12.8 Å². The maximum absolute atomic E-state index is 3.66. The van der Waals surface area contributed by atoms with Crippen molar-refractivity contribution in [2.45, 2.75) is 12.8 Å². The number of fused-ring (bicyclic) bond motifs is 1. The van der Waals surface area contributed by atoms with Gasteiger partial charge in [-0.3, -0.25) is 0 Å². The Balaban J connectivity index is 0. The molecule has 0 spiro atoms. The van der Waals surface area contributed by atoms with Gasteiger partial charge in [-0.1, -0.05) is 18.6 Å². The normalized spacial score (nSPS) is 8.38. The van der Waals surface area contributed by atoms with Crippen LogP contribution in [0.2, 0.25) is 0 Å². The minimum atomic E-state index is 0. The molecule has 3 aromatic carbocycles. The third-order valence-electron chi connectivity index (χ3n) is 2.92. The molecule has 108 valence electrons. The van der Waals surface area contributed by atoms with Crippen LogP contribution in [0.1, 0.15) is 12.0 Å². The molecular weight excluding hydrogens is 331 g/mol. The summed E-state index contributed by atoms with van der Waals surface area (Å²) < 4.78 is 0. The van der Waals surface area contributed by atoms with E-state index < -0.39 is 0 Å². The molecule has 3 aromatic rings. The van der Waals surface area contributed by atoms with E-state index in [0.29, 0.717) is 0 Å². The van der Waals surface area contributed by atoms with E-state index in [-0.39, 0.29) is 41.1 Å². The molecule has 0 aromatic heterocycles. The van der Waals surface area contributed by atoms with Crippen LogP contribution in [0.3, 0.4) is 0 Å². The minimum absolute atomic E-state index is 0. The smallest absolute Gasteiger partial charge is 0.358 e. The van der Waals surface area contributed by atoms with Crippen molar-refractivity contribution in [2.75, 3.05) is 0 Å². The maximum Gasteiger partial charge on any atom is 4.00 e. The topological polar surface area (TPSA) is 0 Å². The minimum Gasteiger partial charge on any atom is -0.358 e. The molecule has 21 heavy (non-hydrogen) atoms. The van der Waals surface area contributed by atoms with Crippen molar-refractivity contribution in [1.82, 2.24) is 0 Å². The van der Waals surface area contributed by atoms with E-state index in [1.54, 1.807) is 0 Å². The first-order valence-electron chi connectivity index (χ1n) is 6.32. The predicted octanol–water partition coefficient (Wildman–Crippen LogP) is 5.98. The first kappa shape index (κ1) is 22.1. The molecule has 0 amide bonds. The Kier molecular flexibility index (Phi) is 13.2. The van der Waals surface area contributed by atoms with E-state index in [1.165, 1.54) is 16.3 Å². The Morgan fingerprint density at radius 2 is 1.67 bits per heavy atom. The van der Waals surface area contributed by atoms with Crippen LogP contribution >= 0.6 is 0 Å². The van der Waals surface area contributed by atoms with Gasteiger partial charge >= 0.3 is 26.2 Å². The van der Waals surface area contributed by atoms with Gasteiger partial charge < -0.3 is 14.9 Å². The van der Waals surface area contributed by atoms with Crippen LogP contribution in [-0.4, -0.2) is 0 Å². The van der Waals surface area contributed by atoms with Gasteiger partial charge in [-0.15, -0.1) is 36.2 Å². The summed E-state index contributed by atoms with van der Waals surface area (Å²) >= 11 is 0. The first-order valence-corrected chi connectivity index (χ1v) is 6.32. The van der Waals surface area contributed by atoms with Crippen LogP contribution in [0.25, 0.3) is 10.8 Å². The monoisotopic (exact) mass is 354 g/mol. The van der Waals surface area contributed by atoms with Crippen molar-refractivity contribution in [1.29, 1.82) is 0 Å². The molecule has 0 bridgehead atoms. The molecule has 0 saturated heterocycles. The van der Waals surface area contributed by atoms with Gasteiger partial charge in [0.25, 0.3) is 0 Å². The molecule has 1 heteroatoms. The second-order valence-electron chi connectivity index (χ2n) is 4.28. The number of hydrogen-bond donors (Lipinski definition) is 0. The zero-order valence-electron chi connectivity index (χ0n) is 13.0. The third kappa shape index (κ3) is 7.39. The van der Waals surface area contributed by atoms with E-state index in [9.17, 15) is 0 Å². The summed E-state index contributed by atoms with van der Waals surface area (Å²) in [7, 11) is 0. The number of aryl methyl sites for hydroxylation is 1. The molecule has 0 atom stereocenters. The number of benzene rings is 1. The molecule has 0 aliphatic heterocycles. The van der Waals surface area contributed by atoms with Crippen molar-refractivity contribution < 1.29 is 26.2 Å². The van der Waals surface area contributed by atoms with E-state index in [4.69, 9.17) is 0 Å². The quantitative estimate of drug-likeness (QED) is 0.400. The fourth-order valence-electron chi connectivity index (χ4n) is 1.92. The van der Waals surface area contributed by atoms with Gasteiger partial charge in [0.2, 0.25) is 0 Å². The largest absolute Gasteiger partial charge is 4.00 e. The van der Waals surface area contributed by atoms with Crippen LogP contribution in [0, 0.1) is 14.9 Å². The van der Waals surface area contributed by atoms with Gasteiger partial charge in [-0.05, 0) is 6.42 Å². The van der Waals surface area contributed by atoms with Crippen LogP contribution in [0.5, 0.6) is 0 Å². The van der Waals surface area contributed by atoms with Crippen molar-refractivity contribution in [3.05, 3.63) is 99.8 Å². The Hall–Kier alpha value is -1.20. The van der Waals surface area contributed by atoms with Gasteiger partial charge in [-0.25, -0.2) is 12.1 Å². The summed E-state index contributed by atoms with van der Waals surface area (Å²) in [5, 5.41) is 2.66. The molecule has 0 fully saturated rings. The average molecular weight is 356 g/mol. The summed E-state index contributed by atoms with van der Waals surface area (Å²) in [5.41, 5.74) is 1.41. The Morgan fingerprint density at radius 3 is 2.29 bits per heavy atom. The van der Waals surface area contributed by atoms with Crippen LogP contribution < -0.4 is 0 Å². The van der Waals surface area contributed by atoms with E-state index >= 15 is 0 Å². The molecule has 0 aliphatic rings. The van der Waals surface area contributed by atoms with Gasteiger partial charge in [-0.2, -0.15) is 35.2 Å². The number of hydrogen-bond acceptors (Lipinski definition) is 0.